The maximum atomic E-state index is 8.84. The summed E-state index contributed by atoms with van der Waals surface area (Å²) in [5.41, 5.74) is 3.39. The quantitative estimate of drug-likeness (QED) is 0.468. The molecule has 0 aliphatic heterocycles. The molecule has 1 aliphatic carbocycles. The van der Waals surface area contributed by atoms with Gasteiger partial charge in [-0.3, -0.25) is 0 Å². The van der Waals surface area contributed by atoms with Crippen LogP contribution in [0.4, 0.5) is 5.82 Å². The molecule has 1 fully saturated rings. The van der Waals surface area contributed by atoms with Crippen LogP contribution in [0.25, 0.3) is 11.2 Å². The van der Waals surface area contributed by atoms with Crippen LogP contribution in [0.3, 0.4) is 0 Å². The first kappa shape index (κ1) is 18.7. The van der Waals surface area contributed by atoms with Crippen LogP contribution in [-0.2, 0) is 6.54 Å². The first-order valence-electron chi connectivity index (χ1n) is 9.58. The Morgan fingerprint density at radius 2 is 1.93 bits per heavy atom. The third-order valence-electron chi connectivity index (χ3n) is 5.12. The second-order valence-corrected chi connectivity index (χ2v) is 7.35. The van der Waals surface area contributed by atoms with Gasteiger partial charge in [-0.15, -0.1) is 0 Å². The second kappa shape index (κ2) is 8.55. The first-order valence-corrected chi connectivity index (χ1v) is 9.96. The number of nitrogens with one attached hydrogen (secondary N) is 2. The lowest BCUT2D eigenvalue weighted by Crippen LogP contribution is -2.22. The van der Waals surface area contributed by atoms with E-state index in [0.29, 0.717) is 24.0 Å². The molecule has 0 saturated heterocycles. The number of anilines is 1. The van der Waals surface area contributed by atoms with Crippen LogP contribution in [-0.4, -0.2) is 32.6 Å². The Morgan fingerprint density at radius 3 is 2.68 bits per heavy atom. The van der Waals surface area contributed by atoms with E-state index in [-0.39, 0.29) is 5.28 Å². The largest absolute Gasteiger partial charge is 0.367 e. The molecule has 7 nitrogen and oxygen atoms in total. The first-order chi connectivity index (χ1) is 13.7. The third-order valence-corrected chi connectivity index (χ3v) is 5.29. The van der Waals surface area contributed by atoms with E-state index < -0.39 is 0 Å². The summed E-state index contributed by atoms with van der Waals surface area (Å²) in [5, 5.41) is 15.8. The van der Waals surface area contributed by atoms with Crippen molar-refractivity contribution in [3.63, 3.8) is 0 Å². The zero-order valence-corrected chi connectivity index (χ0v) is 16.3. The molecule has 144 valence electrons. The second-order valence-electron chi connectivity index (χ2n) is 7.02. The van der Waals surface area contributed by atoms with Crippen LogP contribution < -0.4 is 10.6 Å². The highest BCUT2D eigenvalue weighted by Crippen LogP contribution is 2.32. The van der Waals surface area contributed by atoms with Gasteiger partial charge < -0.3 is 15.2 Å². The van der Waals surface area contributed by atoms with Gasteiger partial charge in [0.25, 0.3) is 0 Å². The van der Waals surface area contributed by atoms with E-state index in [9.17, 15) is 0 Å². The molecule has 0 amide bonds. The van der Waals surface area contributed by atoms with Gasteiger partial charge >= 0.3 is 0 Å². The van der Waals surface area contributed by atoms with E-state index >= 15 is 0 Å². The Labute approximate surface area is 168 Å². The van der Waals surface area contributed by atoms with Gasteiger partial charge in [0, 0.05) is 25.7 Å². The van der Waals surface area contributed by atoms with E-state index in [1.165, 1.54) is 12.8 Å². The van der Waals surface area contributed by atoms with Crippen molar-refractivity contribution in [2.45, 2.75) is 38.3 Å². The van der Waals surface area contributed by atoms with Crippen LogP contribution in [0.15, 0.2) is 30.6 Å². The number of fused-ring (bicyclic) bond motifs is 1. The van der Waals surface area contributed by atoms with Crippen molar-refractivity contribution in [2.75, 3.05) is 18.4 Å². The number of hydrogen-bond donors (Lipinski definition) is 2. The molecule has 0 unspecified atom stereocenters. The minimum atomic E-state index is 0.236. The predicted molar refractivity (Wildman–Crippen MR) is 109 cm³/mol. The van der Waals surface area contributed by atoms with Crippen molar-refractivity contribution >= 4 is 28.6 Å². The Kier molecular flexibility index (Phi) is 5.70. The molecule has 8 heteroatoms. The smallest absolute Gasteiger partial charge is 0.226 e. The number of benzene rings is 1. The summed E-state index contributed by atoms with van der Waals surface area (Å²) in [6, 6.07) is 10.2. The van der Waals surface area contributed by atoms with Gasteiger partial charge in [-0.2, -0.15) is 15.2 Å². The minimum Gasteiger partial charge on any atom is -0.367 e. The van der Waals surface area contributed by atoms with Crippen molar-refractivity contribution in [1.82, 2.24) is 24.8 Å². The highest BCUT2D eigenvalue weighted by atomic mass is 35.5. The van der Waals surface area contributed by atoms with E-state index in [2.05, 4.69) is 36.2 Å². The SMILES string of the molecule is N#Cc1ccc(CNCCNc2nc(Cl)nc3c2ncn3C2CCCC2)cc1. The van der Waals surface area contributed by atoms with Gasteiger partial charge in [0.15, 0.2) is 17.0 Å². The lowest BCUT2D eigenvalue weighted by atomic mass is 10.1. The van der Waals surface area contributed by atoms with Crippen LogP contribution in [0.5, 0.6) is 0 Å². The van der Waals surface area contributed by atoms with Crippen LogP contribution in [0, 0.1) is 11.3 Å². The van der Waals surface area contributed by atoms with Crippen LogP contribution in [0.2, 0.25) is 5.28 Å². The Morgan fingerprint density at radius 1 is 1.14 bits per heavy atom. The van der Waals surface area contributed by atoms with Crippen molar-refractivity contribution in [3.05, 3.63) is 47.0 Å². The average Bonchev–Trinajstić information content (AvgIpc) is 3.37. The number of nitrogens with zero attached hydrogens (tertiary/aromatic N) is 5. The fourth-order valence-electron chi connectivity index (χ4n) is 3.66. The number of aromatic nitrogens is 4. The molecule has 0 bridgehead atoms. The fourth-order valence-corrected chi connectivity index (χ4v) is 3.83. The normalized spacial score (nSPS) is 14.4. The summed E-state index contributed by atoms with van der Waals surface area (Å²) in [6.45, 7) is 2.19. The van der Waals surface area contributed by atoms with Crippen LogP contribution in [0.1, 0.15) is 42.9 Å². The van der Waals surface area contributed by atoms with Crippen LogP contribution >= 0.6 is 11.6 Å². The van der Waals surface area contributed by atoms with Gasteiger partial charge in [0.2, 0.25) is 5.28 Å². The number of nitriles is 1. The highest BCUT2D eigenvalue weighted by molar-refractivity contribution is 6.28. The standard InChI is InChI=1S/C20H22ClN7/c21-20-26-18(17-19(27-20)28(13-25-17)16-3-1-2-4-16)24-10-9-23-12-15-7-5-14(11-22)6-8-15/h5-8,13,16,23H,1-4,9-10,12H2,(H,24,26,27). The average molecular weight is 396 g/mol. The molecule has 3 aromatic rings. The number of hydrogen-bond acceptors (Lipinski definition) is 6. The van der Waals surface area contributed by atoms with Gasteiger partial charge in [-0.1, -0.05) is 25.0 Å². The Hall–Kier alpha value is -2.69. The fraction of sp³-hybridized carbons (Fsp3) is 0.400. The van der Waals surface area contributed by atoms with Gasteiger partial charge in [0.1, 0.15) is 0 Å². The molecule has 0 atom stereocenters. The molecular formula is C20H22ClN7. The molecule has 4 rings (SSSR count). The zero-order valence-electron chi connectivity index (χ0n) is 15.5. The molecule has 28 heavy (non-hydrogen) atoms. The number of imidazole rings is 1. The van der Waals surface area contributed by atoms with Gasteiger partial charge in [0.05, 0.1) is 18.0 Å². The van der Waals surface area contributed by atoms with Gasteiger partial charge in [-0.05, 0) is 42.1 Å². The molecule has 2 heterocycles. The molecule has 2 N–H and O–H groups in total. The van der Waals surface area contributed by atoms with Crippen molar-refractivity contribution in [2.24, 2.45) is 0 Å². The summed E-state index contributed by atoms with van der Waals surface area (Å²) >= 11 is 6.16. The topological polar surface area (TPSA) is 91.4 Å². The molecule has 0 spiro atoms. The Bertz CT molecular complexity index is 984. The molecular weight excluding hydrogens is 374 g/mol. The summed E-state index contributed by atoms with van der Waals surface area (Å²) in [5.74, 6) is 0.673. The minimum absolute atomic E-state index is 0.236. The van der Waals surface area contributed by atoms with E-state index in [1.54, 1.807) is 0 Å². The molecule has 0 radical (unpaired) electrons. The summed E-state index contributed by atoms with van der Waals surface area (Å²) in [4.78, 5) is 13.3. The maximum Gasteiger partial charge on any atom is 0.226 e. The maximum absolute atomic E-state index is 8.84. The van der Waals surface area contributed by atoms with Crippen molar-refractivity contribution < 1.29 is 0 Å². The van der Waals surface area contributed by atoms with Crippen molar-refractivity contribution in [1.29, 1.82) is 5.26 Å². The number of rotatable bonds is 7. The lowest BCUT2D eigenvalue weighted by Gasteiger charge is -2.12. The highest BCUT2D eigenvalue weighted by Gasteiger charge is 2.21. The van der Waals surface area contributed by atoms with E-state index in [0.717, 1.165) is 42.7 Å². The van der Waals surface area contributed by atoms with Gasteiger partial charge in [-0.25, -0.2) is 4.98 Å². The van der Waals surface area contributed by atoms with Crippen molar-refractivity contribution in [3.8, 4) is 6.07 Å². The van der Waals surface area contributed by atoms with E-state index in [4.69, 9.17) is 16.9 Å². The van der Waals surface area contributed by atoms with E-state index in [1.807, 2.05) is 30.6 Å². The summed E-state index contributed by atoms with van der Waals surface area (Å²) in [7, 11) is 0. The molecule has 1 aromatic carbocycles. The predicted octanol–water partition coefficient (Wildman–Crippen LogP) is 3.67. The molecule has 2 aromatic heterocycles. The lowest BCUT2D eigenvalue weighted by molar-refractivity contribution is 0.529. The molecule has 1 aliphatic rings. The zero-order chi connectivity index (χ0) is 19.3. The third kappa shape index (κ3) is 4.08. The summed E-state index contributed by atoms with van der Waals surface area (Å²) < 4.78 is 2.14. The Balaban J connectivity index is 1.36. The number of halogens is 1. The monoisotopic (exact) mass is 395 g/mol. The summed E-state index contributed by atoms with van der Waals surface area (Å²) in [6.07, 6.45) is 6.68. The molecule has 1 saturated carbocycles.